The number of methoxy groups -OCH3 is 1. The van der Waals surface area contributed by atoms with Gasteiger partial charge in [0, 0.05) is 32.7 Å². The molecule has 1 heterocycles. The van der Waals surface area contributed by atoms with E-state index in [0.717, 1.165) is 37.5 Å². The summed E-state index contributed by atoms with van der Waals surface area (Å²) in [6.45, 7) is 11.4. The van der Waals surface area contributed by atoms with E-state index in [1.807, 2.05) is 19.1 Å². The zero-order chi connectivity index (χ0) is 21.4. The van der Waals surface area contributed by atoms with Gasteiger partial charge in [-0.25, -0.2) is 0 Å². The SMILES string of the molecule is CCOc1c(Cl)cc(CNC(=NC)NCC2CCCOC2C(C)(C)C)cc1OC. The highest BCUT2D eigenvalue weighted by Gasteiger charge is 2.35. The molecule has 2 rings (SSSR count). The molecular formula is C22H36ClN3O3. The van der Waals surface area contributed by atoms with Crippen LogP contribution in [0.5, 0.6) is 11.5 Å². The van der Waals surface area contributed by atoms with Crippen molar-refractivity contribution in [3.8, 4) is 11.5 Å². The second-order valence-corrected chi connectivity index (χ2v) is 8.82. The summed E-state index contributed by atoms with van der Waals surface area (Å²) in [5.74, 6) is 2.43. The molecule has 0 radical (unpaired) electrons. The number of rotatable bonds is 7. The lowest BCUT2D eigenvalue weighted by molar-refractivity contribution is -0.0835. The highest BCUT2D eigenvalue weighted by molar-refractivity contribution is 6.32. The zero-order valence-electron chi connectivity index (χ0n) is 18.6. The summed E-state index contributed by atoms with van der Waals surface area (Å²) < 4.78 is 17.1. The van der Waals surface area contributed by atoms with Crippen LogP contribution in [0.25, 0.3) is 0 Å². The molecule has 0 spiro atoms. The van der Waals surface area contributed by atoms with Crippen LogP contribution in [0.3, 0.4) is 0 Å². The van der Waals surface area contributed by atoms with E-state index in [0.29, 0.717) is 35.6 Å². The van der Waals surface area contributed by atoms with Crippen LogP contribution in [0, 0.1) is 11.3 Å². The molecule has 2 atom stereocenters. The maximum atomic E-state index is 6.37. The highest BCUT2D eigenvalue weighted by atomic mass is 35.5. The molecule has 0 saturated carbocycles. The van der Waals surface area contributed by atoms with Crippen molar-refractivity contribution in [2.75, 3.05) is 33.9 Å². The first-order valence-electron chi connectivity index (χ1n) is 10.4. The van der Waals surface area contributed by atoms with Crippen LogP contribution in [-0.2, 0) is 11.3 Å². The molecule has 29 heavy (non-hydrogen) atoms. The standard InChI is InChI=1S/C22H36ClN3O3/c1-7-28-19-17(23)11-15(12-18(19)27-6)13-25-21(24-5)26-14-16-9-8-10-29-20(16)22(2,3)4/h11-12,16,20H,7-10,13-14H2,1-6H3,(H2,24,25,26). The van der Waals surface area contributed by atoms with Crippen molar-refractivity contribution < 1.29 is 14.2 Å². The maximum Gasteiger partial charge on any atom is 0.191 e. The molecule has 0 aromatic heterocycles. The molecule has 1 aromatic carbocycles. The van der Waals surface area contributed by atoms with Gasteiger partial charge >= 0.3 is 0 Å². The molecule has 1 aliphatic rings. The van der Waals surface area contributed by atoms with Gasteiger partial charge in [0.15, 0.2) is 17.5 Å². The van der Waals surface area contributed by atoms with Crippen molar-refractivity contribution in [3.63, 3.8) is 0 Å². The van der Waals surface area contributed by atoms with Crippen LogP contribution in [-0.4, -0.2) is 46.0 Å². The minimum absolute atomic E-state index is 0.124. The van der Waals surface area contributed by atoms with E-state index < -0.39 is 0 Å². The topological polar surface area (TPSA) is 64.1 Å². The summed E-state index contributed by atoms with van der Waals surface area (Å²) in [6.07, 6.45) is 2.52. The predicted octanol–water partition coefficient (Wildman–Crippen LogP) is 4.25. The Labute approximate surface area is 180 Å². The lowest BCUT2D eigenvalue weighted by Gasteiger charge is -2.40. The third kappa shape index (κ3) is 6.68. The largest absolute Gasteiger partial charge is 0.493 e. The van der Waals surface area contributed by atoms with Gasteiger partial charge in [-0.1, -0.05) is 32.4 Å². The number of nitrogens with one attached hydrogen (secondary N) is 2. The van der Waals surface area contributed by atoms with E-state index >= 15 is 0 Å². The third-order valence-electron chi connectivity index (χ3n) is 5.09. The van der Waals surface area contributed by atoms with Gasteiger partial charge in [0.25, 0.3) is 0 Å². The van der Waals surface area contributed by atoms with Crippen molar-refractivity contribution in [2.24, 2.45) is 16.3 Å². The quantitative estimate of drug-likeness (QED) is 0.505. The number of nitrogens with zero attached hydrogens (tertiary/aromatic N) is 1. The van der Waals surface area contributed by atoms with Gasteiger partial charge in [0.1, 0.15) is 0 Å². The summed E-state index contributed by atoms with van der Waals surface area (Å²) in [5.41, 5.74) is 1.12. The average Bonchev–Trinajstić information content (AvgIpc) is 2.69. The van der Waals surface area contributed by atoms with Crippen LogP contribution >= 0.6 is 11.6 Å². The fraction of sp³-hybridized carbons (Fsp3) is 0.682. The number of hydrogen-bond donors (Lipinski definition) is 2. The van der Waals surface area contributed by atoms with Gasteiger partial charge in [-0.05, 0) is 42.9 Å². The Hall–Kier alpha value is -1.66. The fourth-order valence-corrected chi connectivity index (χ4v) is 4.09. The van der Waals surface area contributed by atoms with Gasteiger partial charge < -0.3 is 24.8 Å². The molecule has 0 amide bonds. The molecule has 0 aliphatic carbocycles. The lowest BCUT2D eigenvalue weighted by Crippen LogP contribution is -2.47. The summed E-state index contributed by atoms with van der Waals surface area (Å²) in [5, 5.41) is 7.35. The number of ether oxygens (including phenoxy) is 3. The second kappa shape index (κ2) is 10.9. The fourth-order valence-electron chi connectivity index (χ4n) is 3.80. The van der Waals surface area contributed by atoms with E-state index in [1.54, 1.807) is 14.2 Å². The normalized spacial score (nSPS) is 20.3. The minimum atomic E-state index is 0.124. The van der Waals surface area contributed by atoms with Gasteiger partial charge in [-0.15, -0.1) is 0 Å². The molecule has 6 nitrogen and oxygen atoms in total. The summed E-state index contributed by atoms with van der Waals surface area (Å²) in [7, 11) is 3.39. The number of guanidine groups is 1. The van der Waals surface area contributed by atoms with Gasteiger partial charge in [-0.2, -0.15) is 0 Å². The number of halogens is 1. The van der Waals surface area contributed by atoms with Crippen molar-refractivity contribution in [2.45, 2.75) is 53.2 Å². The molecule has 1 fully saturated rings. The minimum Gasteiger partial charge on any atom is -0.493 e. The number of benzene rings is 1. The average molecular weight is 426 g/mol. The monoisotopic (exact) mass is 425 g/mol. The molecule has 1 saturated heterocycles. The summed E-state index contributed by atoms with van der Waals surface area (Å²) in [4.78, 5) is 4.35. The Bertz CT molecular complexity index is 689. The number of hydrogen-bond acceptors (Lipinski definition) is 4. The molecule has 0 bridgehead atoms. The molecule has 2 unspecified atom stereocenters. The van der Waals surface area contributed by atoms with E-state index in [1.165, 1.54) is 0 Å². The Balaban J connectivity index is 1.96. The Morgan fingerprint density at radius 3 is 2.69 bits per heavy atom. The lowest BCUT2D eigenvalue weighted by atomic mass is 9.78. The third-order valence-corrected chi connectivity index (χ3v) is 5.37. The van der Waals surface area contributed by atoms with E-state index in [4.69, 9.17) is 25.8 Å². The Morgan fingerprint density at radius 2 is 2.07 bits per heavy atom. The van der Waals surface area contributed by atoms with Gasteiger partial charge in [-0.3, -0.25) is 4.99 Å². The Kier molecular flexibility index (Phi) is 8.90. The van der Waals surface area contributed by atoms with Gasteiger partial charge in [0.05, 0.1) is 24.8 Å². The zero-order valence-corrected chi connectivity index (χ0v) is 19.4. The van der Waals surface area contributed by atoms with Crippen molar-refractivity contribution >= 4 is 17.6 Å². The first-order chi connectivity index (χ1) is 13.8. The van der Waals surface area contributed by atoms with Crippen molar-refractivity contribution in [1.29, 1.82) is 0 Å². The van der Waals surface area contributed by atoms with Gasteiger partial charge in [0.2, 0.25) is 0 Å². The van der Waals surface area contributed by atoms with Crippen molar-refractivity contribution in [3.05, 3.63) is 22.7 Å². The van der Waals surface area contributed by atoms with Crippen LogP contribution in [0.1, 0.15) is 46.1 Å². The van der Waals surface area contributed by atoms with E-state index in [9.17, 15) is 0 Å². The Morgan fingerprint density at radius 1 is 1.31 bits per heavy atom. The van der Waals surface area contributed by atoms with Crippen molar-refractivity contribution in [1.82, 2.24) is 10.6 Å². The number of aliphatic imine (C=N–C) groups is 1. The second-order valence-electron chi connectivity index (χ2n) is 8.41. The molecule has 1 aliphatic heterocycles. The molecule has 1 aromatic rings. The summed E-state index contributed by atoms with van der Waals surface area (Å²) in [6, 6.07) is 3.82. The molecule has 164 valence electrons. The molecular weight excluding hydrogens is 390 g/mol. The first kappa shape index (κ1) is 23.6. The maximum absolute atomic E-state index is 6.37. The van der Waals surface area contributed by atoms with Crippen LogP contribution in [0.4, 0.5) is 0 Å². The predicted molar refractivity (Wildman–Crippen MR) is 119 cm³/mol. The van der Waals surface area contributed by atoms with E-state index in [-0.39, 0.29) is 11.5 Å². The smallest absolute Gasteiger partial charge is 0.191 e. The van der Waals surface area contributed by atoms with E-state index in [2.05, 4.69) is 36.4 Å². The first-order valence-corrected chi connectivity index (χ1v) is 10.7. The summed E-state index contributed by atoms with van der Waals surface area (Å²) >= 11 is 6.37. The molecule has 2 N–H and O–H groups in total. The van der Waals surface area contributed by atoms with Crippen LogP contribution < -0.4 is 20.1 Å². The highest BCUT2D eigenvalue weighted by Crippen LogP contribution is 2.36. The molecule has 7 heteroatoms. The van der Waals surface area contributed by atoms with Crippen LogP contribution in [0.15, 0.2) is 17.1 Å². The van der Waals surface area contributed by atoms with Crippen LogP contribution in [0.2, 0.25) is 5.02 Å².